The van der Waals surface area contributed by atoms with Crippen LogP contribution in [0, 0.1) is 5.41 Å². The number of nitrogens with zero attached hydrogens (tertiary/aromatic N) is 1. The number of hydrogen-bond donors (Lipinski definition) is 2. The van der Waals surface area contributed by atoms with Crippen molar-refractivity contribution in [1.82, 2.24) is 10.2 Å². The molecule has 0 radical (unpaired) electrons. The highest BCUT2D eigenvalue weighted by molar-refractivity contribution is 5.83. The molecule has 4 nitrogen and oxygen atoms in total. The molecule has 2 N–H and O–H groups in total. The molecular formula is C12H22F2N2O2. The molecular weight excluding hydrogens is 242 g/mol. The lowest BCUT2D eigenvalue weighted by Crippen LogP contribution is -2.50. The minimum absolute atomic E-state index is 0.0155. The highest BCUT2D eigenvalue weighted by Gasteiger charge is 2.40. The van der Waals surface area contributed by atoms with Crippen LogP contribution < -0.4 is 5.32 Å². The van der Waals surface area contributed by atoms with E-state index in [0.717, 1.165) is 18.0 Å². The molecule has 0 aromatic carbocycles. The first-order valence-electron chi connectivity index (χ1n) is 6.45. The molecule has 0 spiro atoms. The van der Waals surface area contributed by atoms with Crippen LogP contribution >= 0.6 is 0 Å². The average molecular weight is 264 g/mol. The molecule has 6 heteroatoms. The second-order valence-electron chi connectivity index (χ2n) is 4.75. The molecule has 0 atom stereocenters. The van der Waals surface area contributed by atoms with Crippen LogP contribution in [0.2, 0.25) is 0 Å². The van der Waals surface area contributed by atoms with Crippen LogP contribution in [0.1, 0.15) is 26.2 Å². The van der Waals surface area contributed by atoms with E-state index in [1.165, 1.54) is 0 Å². The molecule has 1 saturated heterocycles. The van der Waals surface area contributed by atoms with Crippen molar-refractivity contribution in [2.45, 2.75) is 32.6 Å². The number of carbonyl (C=O) groups excluding carboxylic acids is 1. The number of aliphatic hydroxyl groups excluding tert-OH is 1. The third kappa shape index (κ3) is 3.62. The fourth-order valence-electron chi connectivity index (χ4n) is 2.52. The lowest BCUT2D eigenvalue weighted by Gasteiger charge is -2.39. The summed E-state index contributed by atoms with van der Waals surface area (Å²) in [5.41, 5.74) is -0.532. The molecule has 0 unspecified atom stereocenters. The van der Waals surface area contributed by atoms with Gasteiger partial charge in [0, 0.05) is 6.54 Å². The Labute approximate surface area is 106 Å². The first-order valence-corrected chi connectivity index (χ1v) is 6.45. The number of carbonyl (C=O) groups is 1. The Bertz CT molecular complexity index is 269. The molecule has 0 aliphatic carbocycles. The van der Waals surface area contributed by atoms with Gasteiger partial charge < -0.3 is 15.3 Å². The third-order valence-corrected chi connectivity index (χ3v) is 3.71. The van der Waals surface area contributed by atoms with E-state index in [2.05, 4.69) is 5.32 Å². The van der Waals surface area contributed by atoms with Gasteiger partial charge in [0.05, 0.1) is 18.6 Å². The van der Waals surface area contributed by atoms with Crippen LogP contribution in [0.15, 0.2) is 0 Å². The minimum Gasteiger partial charge on any atom is -0.395 e. The van der Waals surface area contributed by atoms with Gasteiger partial charge in [-0.3, -0.25) is 4.79 Å². The van der Waals surface area contributed by atoms with Crippen LogP contribution in [0.25, 0.3) is 0 Å². The second kappa shape index (κ2) is 6.99. The number of nitrogens with one attached hydrogen (secondary N) is 1. The first-order chi connectivity index (χ1) is 8.55. The van der Waals surface area contributed by atoms with Crippen molar-refractivity contribution in [3.63, 3.8) is 0 Å². The van der Waals surface area contributed by atoms with Gasteiger partial charge in [0.2, 0.25) is 5.91 Å². The van der Waals surface area contributed by atoms with E-state index < -0.39 is 18.4 Å². The van der Waals surface area contributed by atoms with Gasteiger partial charge in [0.1, 0.15) is 0 Å². The Morgan fingerprint density at radius 1 is 1.44 bits per heavy atom. The molecule has 0 aromatic rings. The summed E-state index contributed by atoms with van der Waals surface area (Å²) in [5.74, 6) is -0.235. The van der Waals surface area contributed by atoms with Gasteiger partial charge in [-0.25, -0.2) is 8.78 Å². The molecule has 1 aliphatic heterocycles. The van der Waals surface area contributed by atoms with E-state index in [-0.39, 0.29) is 19.1 Å². The molecule has 1 heterocycles. The summed E-state index contributed by atoms with van der Waals surface area (Å²) in [6.07, 6.45) is -0.559. The van der Waals surface area contributed by atoms with Crippen molar-refractivity contribution in [1.29, 1.82) is 0 Å². The molecule has 1 aliphatic rings. The topological polar surface area (TPSA) is 52.6 Å². The van der Waals surface area contributed by atoms with E-state index in [1.807, 2.05) is 6.92 Å². The predicted octanol–water partition coefficient (Wildman–Crippen LogP) is 0.852. The van der Waals surface area contributed by atoms with Crippen molar-refractivity contribution < 1.29 is 18.7 Å². The van der Waals surface area contributed by atoms with Crippen molar-refractivity contribution in [2.24, 2.45) is 5.41 Å². The fourth-order valence-corrected chi connectivity index (χ4v) is 2.52. The maximum absolute atomic E-state index is 12.5. The Morgan fingerprint density at radius 2 is 2.06 bits per heavy atom. The maximum atomic E-state index is 12.5. The smallest absolute Gasteiger partial charge is 0.255 e. The fraction of sp³-hybridized carbons (Fsp3) is 0.917. The Balaban J connectivity index is 2.77. The largest absolute Gasteiger partial charge is 0.395 e. The standard InChI is InChI=1S/C12H22F2N2O2/c1-2-12(3-5-15-6-4-12)11(18)16(7-8-17)9-10(13)14/h10,15,17H,2-9H2,1H3. The number of rotatable bonds is 6. The van der Waals surface area contributed by atoms with Crippen LogP contribution in [-0.4, -0.2) is 55.1 Å². The van der Waals surface area contributed by atoms with Gasteiger partial charge in [-0.15, -0.1) is 0 Å². The van der Waals surface area contributed by atoms with E-state index in [4.69, 9.17) is 5.11 Å². The highest BCUT2D eigenvalue weighted by Crippen LogP contribution is 2.34. The van der Waals surface area contributed by atoms with E-state index in [0.29, 0.717) is 19.3 Å². The summed E-state index contributed by atoms with van der Waals surface area (Å²) in [6.45, 7) is 2.51. The number of hydrogen-bond acceptors (Lipinski definition) is 3. The average Bonchev–Trinajstić information content (AvgIpc) is 2.37. The summed E-state index contributed by atoms with van der Waals surface area (Å²) in [7, 11) is 0. The zero-order chi connectivity index (χ0) is 13.6. The summed E-state index contributed by atoms with van der Waals surface area (Å²) in [4.78, 5) is 13.5. The quantitative estimate of drug-likeness (QED) is 0.748. The number of alkyl halides is 2. The number of halogens is 2. The van der Waals surface area contributed by atoms with Crippen LogP contribution in [0.3, 0.4) is 0 Å². The molecule has 0 bridgehead atoms. The van der Waals surface area contributed by atoms with Crippen molar-refractivity contribution >= 4 is 5.91 Å². The van der Waals surface area contributed by atoms with Gasteiger partial charge in [0.15, 0.2) is 0 Å². The lowest BCUT2D eigenvalue weighted by atomic mass is 9.75. The lowest BCUT2D eigenvalue weighted by molar-refractivity contribution is -0.146. The van der Waals surface area contributed by atoms with Crippen LogP contribution in [0.4, 0.5) is 8.78 Å². The van der Waals surface area contributed by atoms with Gasteiger partial charge >= 0.3 is 0 Å². The third-order valence-electron chi connectivity index (χ3n) is 3.71. The Morgan fingerprint density at radius 3 is 2.50 bits per heavy atom. The first kappa shape index (κ1) is 15.3. The van der Waals surface area contributed by atoms with Crippen molar-refractivity contribution in [3.8, 4) is 0 Å². The summed E-state index contributed by atoms with van der Waals surface area (Å²) < 4.78 is 25.0. The monoisotopic (exact) mass is 264 g/mol. The zero-order valence-corrected chi connectivity index (χ0v) is 10.8. The molecule has 1 rings (SSSR count). The molecule has 106 valence electrons. The van der Waals surface area contributed by atoms with E-state index in [9.17, 15) is 13.6 Å². The molecule has 18 heavy (non-hydrogen) atoms. The number of piperidine rings is 1. The highest BCUT2D eigenvalue weighted by atomic mass is 19.3. The van der Waals surface area contributed by atoms with E-state index in [1.54, 1.807) is 0 Å². The molecule has 1 amide bonds. The Hall–Kier alpha value is -0.750. The summed E-state index contributed by atoms with van der Waals surface area (Å²) in [5, 5.41) is 12.1. The van der Waals surface area contributed by atoms with Crippen LogP contribution in [-0.2, 0) is 4.79 Å². The zero-order valence-electron chi connectivity index (χ0n) is 10.8. The number of amides is 1. The maximum Gasteiger partial charge on any atom is 0.255 e. The van der Waals surface area contributed by atoms with Gasteiger partial charge in [0.25, 0.3) is 6.43 Å². The Kier molecular flexibility index (Phi) is 5.95. The minimum atomic E-state index is -2.56. The second-order valence-corrected chi connectivity index (χ2v) is 4.75. The SMILES string of the molecule is CCC1(C(=O)N(CCO)CC(F)F)CCNCC1. The van der Waals surface area contributed by atoms with Crippen molar-refractivity contribution in [3.05, 3.63) is 0 Å². The van der Waals surface area contributed by atoms with Gasteiger partial charge in [-0.2, -0.15) is 0 Å². The molecule has 1 fully saturated rings. The summed E-state index contributed by atoms with van der Waals surface area (Å²) in [6, 6.07) is 0. The normalized spacial score (nSPS) is 18.9. The molecule has 0 aromatic heterocycles. The van der Waals surface area contributed by atoms with Gasteiger partial charge in [-0.1, -0.05) is 6.92 Å². The number of aliphatic hydroxyl groups is 1. The van der Waals surface area contributed by atoms with E-state index >= 15 is 0 Å². The van der Waals surface area contributed by atoms with Gasteiger partial charge in [-0.05, 0) is 32.4 Å². The molecule has 0 saturated carbocycles. The summed E-state index contributed by atoms with van der Waals surface area (Å²) >= 11 is 0. The predicted molar refractivity (Wildman–Crippen MR) is 64.5 cm³/mol. The van der Waals surface area contributed by atoms with Crippen LogP contribution in [0.5, 0.6) is 0 Å². The van der Waals surface area contributed by atoms with Crippen molar-refractivity contribution in [2.75, 3.05) is 32.8 Å².